The van der Waals surface area contributed by atoms with Crippen molar-refractivity contribution in [3.05, 3.63) is 60.7 Å². The fourth-order valence-electron chi connectivity index (χ4n) is 3.86. The summed E-state index contributed by atoms with van der Waals surface area (Å²) in [6.07, 6.45) is 6.43. The maximum absolute atomic E-state index is 13.9. The molecule has 2 nitrogen and oxygen atoms in total. The Morgan fingerprint density at radius 1 is 0.870 bits per heavy atom. The van der Waals surface area contributed by atoms with Gasteiger partial charge in [-0.05, 0) is 31.6 Å². The molecule has 23 heavy (non-hydrogen) atoms. The van der Waals surface area contributed by atoms with Crippen molar-refractivity contribution in [2.24, 2.45) is 5.92 Å². The second-order valence-electron chi connectivity index (χ2n) is 6.82. The quantitative estimate of drug-likeness (QED) is 0.615. The lowest BCUT2D eigenvalue weighted by Gasteiger charge is -2.24. The van der Waals surface area contributed by atoms with Gasteiger partial charge in [-0.1, -0.05) is 60.7 Å². The highest BCUT2D eigenvalue weighted by molar-refractivity contribution is 7.78. The minimum atomic E-state index is -2.54. The maximum atomic E-state index is 13.9. The fourth-order valence-corrected chi connectivity index (χ4v) is 6.71. The van der Waals surface area contributed by atoms with E-state index in [1.54, 1.807) is 0 Å². The van der Waals surface area contributed by atoms with Crippen LogP contribution >= 0.6 is 7.14 Å². The molecule has 1 saturated carbocycles. The first-order valence-corrected chi connectivity index (χ1v) is 10.5. The normalized spacial score (nSPS) is 26.5. The summed E-state index contributed by atoms with van der Waals surface area (Å²) in [7, 11) is -2.54. The third-order valence-corrected chi connectivity index (χ3v) is 8.46. The van der Waals surface area contributed by atoms with Gasteiger partial charge in [0, 0.05) is 16.8 Å². The van der Waals surface area contributed by atoms with Gasteiger partial charge in [-0.2, -0.15) is 0 Å². The molecule has 3 heteroatoms. The van der Waals surface area contributed by atoms with Gasteiger partial charge in [0.25, 0.3) is 0 Å². The molecule has 1 heterocycles. The molecule has 1 saturated heterocycles. The Morgan fingerprint density at radius 2 is 1.48 bits per heavy atom. The van der Waals surface area contributed by atoms with Crippen LogP contribution in [0.15, 0.2) is 60.7 Å². The average molecular weight is 326 g/mol. The molecule has 3 unspecified atom stereocenters. The molecule has 3 atom stereocenters. The zero-order valence-electron chi connectivity index (χ0n) is 13.3. The number of hydrogen-bond acceptors (Lipinski definition) is 2. The van der Waals surface area contributed by atoms with Gasteiger partial charge in [0.05, 0.1) is 12.2 Å². The van der Waals surface area contributed by atoms with Crippen LogP contribution < -0.4 is 10.6 Å². The standard InChI is InChI=1S/C20H23O2P/c21-23(17-7-3-1-4-8-17,18-9-5-2-6-10-18)14-13-16-11-12-19-20(15-16)22-19/h1-10,16,19-20H,11-15H2. The highest BCUT2D eigenvalue weighted by Crippen LogP contribution is 2.47. The summed E-state index contributed by atoms with van der Waals surface area (Å²) in [6, 6.07) is 20.0. The van der Waals surface area contributed by atoms with E-state index in [2.05, 4.69) is 0 Å². The molecule has 1 aliphatic carbocycles. The summed E-state index contributed by atoms with van der Waals surface area (Å²) in [6.45, 7) is 0. The van der Waals surface area contributed by atoms with E-state index in [0.29, 0.717) is 18.1 Å². The van der Waals surface area contributed by atoms with Crippen molar-refractivity contribution >= 4 is 17.8 Å². The molecule has 4 rings (SSSR count). The van der Waals surface area contributed by atoms with Crippen LogP contribution in [0.5, 0.6) is 0 Å². The molecule has 0 radical (unpaired) electrons. The van der Waals surface area contributed by atoms with Crippen molar-refractivity contribution in [3.8, 4) is 0 Å². The molecule has 2 aromatic carbocycles. The van der Waals surface area contributed by atoms with Crippen molar-refractivity contribution in [2.75, 3.05) is 6.16 Å². The van der Waals surface area contributed by atoms with E-state index in [0.717, 1.165) is 29.6 Å². The second-order valence-corrected chi connectivity index (χ2v) is 9.77. The lowest BCUT2D eigenvalue weighted by molar-refractivity contribution is 0.357. The lowest BCUT2D eigenvalue weighted by atomic mass is 9.88. The largest absolute Gasteiger partial charge is 0.370 e. The third kappa shape index (κ3) is 3.16. The molecule has 0 bridgehead atoms. The number of ether oxygens (including phenoxy) is 1. The van der Waals surface area contributed by atoms with Crippen molar-refractivity contribution < 1.29 is 9.30 Å². The lowest BCUT2D eigenvalue weighted by Crippen LogP contribution is -2.21. The highest BCUT2D eigenvalue weighted by Gasteiger charge is 2.44. The van der Waals surface area contributed by atoms with E-state index < -0.39 is 7.14 Å². The van der Waals surface area contributed by atoms with E-state index in [9.17, 15) is 4.57 Å². The molecule has 0 spiro atoms. The van der Waals surface area contributed by atoms with Crippen LogP contribution in [0.2, 0.25) is 0 Å². The predicted octanol–water partition coefficient (Wildman–Crippen LogP) is 3.96. The molecule has 2 fully saturated rings. The van der Waals surface area contributed by atoms with Crippen molar-refractivity contribution in [2.45, 2.75) is 37.9 Å². The molecule has 0 amide bonds. The summed E-state index contributed by atoms with van der Waals surface area (Å²) < 4.78 is 19.6. The highest BCUT2D eigenvalue weighted by atomic mass is 31.2. The average Bonchev–Trinajstić information content (AvgIpc) is 3.40. The Kier molecular flexibility index (Phi) is 4.13. The van der Waals surface area contributed by atoms with Gasteiger partial charge < -0.3 is 9.30 Å². The number of epoxide rings is 1. The topological polar surface area (TPSA) is 29.6 Å². The number of rotatable bonds is 5. The van der Waals surface area contributed by atoms with Crippen molar-refractivity contribution in [1.29, 1.82) is 0 Å². The molecular formula is C20H23O2P. The van der Waals surface area contributed by atoms with E-state index in [1.807, 2.05) is 60.7 Å². The minimum absolute atomic E-state index is 0.501. The Bertz CT molecular complexity index is 655. The molecule has 0 aromatic heterocycles. The minimum Gasteiger partial charge on any atom is -0.370 e. The SMILES string of the molecule is O=P(CCC1CCC2OC2C1)(c1ccccc1)c1ccccc1. The fraction of sp³-hybridized carbons (Fsp3) is 0.400. The Labute approximate surface area is 138 Å². The summed E-state index contributed by atoms with van der Waals surface area (Å²) in [5.74, 6) is 0.666. The van der Waals surface area contributed by atoms with Gasteiger partial charge in [-0.3, -0.25) is 0 Å². The smallest absolute Gasteiger partial charge is 0.143 e. The van der Waals surface area contributed by atoms with Crippen LogP contribution in [-0.2, 0) is 9.30 Å². The van der Waals surface area contributed by atoms with Crippen LogP contribution in [-0.4, -0.2) is 18.4 Å². The molecule has 2 aliphatic rings. The third-order valence-electron chi connectivity index (χ3n) is 5.31. The summed E-state index contributed by atoms with van der Waals surface area (Å²) in [5, 5.41) is 1.98. The number of hydrogen-bond donors (Lipinski definition) is 0. The van der Waals surface area contributed by atoms with Crippen LogP contribution in [0, 0.1) is 5.92 Å². The first kappa shape index (κ1) is 15.2. The van der Waals surface area contributed by atoms with Crippen LogP contribution in [0.3, 0.4) is 0 Å². The van der Waals surface area contributed by atoms with Crippen LogP contribution in [0.1, 0.15) is 25.7 Å². The van der Waals surface area contributed by atoms with Gasteiger partial charge in [0.2, 0.25) is 0 Å². The van der Waals surface area contributed by atoms with Crippen LogP contribution in [0.25, 0.3) is 0 Å². The second kappa shape index (κ2) is 6.26. The Morgan fingerprint density at radius 3 is 2.04 bits per heavy atom. The van der Waals surface area contributed by atoms with Crippen molar-refractivity contribution in [3.63, 3.8) is 0 Å². The molecule has 2 aromatic rings. The monoisotopic (exact) mass is 326 g/mol. The van der Waals surface area contributed by atoms with Gasteiger partial charge >= 0.3 is 0 Å². The zero-order valence-corrected chi connectivity index (χ0v) is 14.2. The van der Waals surface area contributed by atoms with E-state index in [4.69, 9.17) is 4.74 Å². The van der Waals surface area contributed by atoms with Crippen molar-refractivity contribution in [1.82, 2.24) is 0 Å². The van der Waals surface area contributed by atoms with Gasteiger partial charge in [-0.25, -0.2) is 0 Å². The first-order chi connectivity index (χ1) is 11.3. The number of benzene rings is 2. The van der Waals surface area contributed by atoms with E-state index in [-0.39, 0.29) is 0 Å². The summed E-state index contributed by atoms with van der Waals surface area (Å²) in [4.78, 5) is 0. The van der Waals surface area contributed by atoms with E-state index >= 15 is 0 Å². The molecule has 0 N–H and O–H groups in total. The summed E-state index contributed by atoms with van der Waals surface area (Å²) >= 11 is 0. The Hall–Kier alpha value is -1.37. The Balaban J connectivity index is 1.57. The predicted molar refractivity (Wildman–Crippen MR) is 95.2 cm³/mol. The maximum Gasteiger partial charge on any atom is 0.143 e. The summed E-state index contributed by atoms with van der Waals surface area (Å²) in [5.41, 5.74) is 0. The molecule has 120 valence electrons. The first-order valence-electron chi connectivity index (χ1n) is 8.61. The zero-order chi connectivity index (χ0) is 15.7. The molecular weight excluding hydrogens is 303 g/mol. The van der Waals surface area contributed by atoms with Crippen LogP contribution in [0.4, 0.5) is 0 Å². The number of fused-ring (bicyclic) bond motifs is 1. The van der Waals surface area contributed by atoms with Gasteiger partial charge in [-0.15, -0.1) is 0 Å². The molecule has 1 aliphatic heterocycles. The van der Waals surface area contributed by atoms with E-state index in [1.165, 1.54) is 12.8 Å². The van der Waals surface area contributed by atoms with Gasteiger partial charge in [0.15, 0.2) is 0 Å². The van der Waals surface area contributed by atoms with Gasteiger partial charge in [0.1, 0.15) is 7.14 Å².